The van der Waals surface area contributed by atoms with E-state index in [1.54, 1.807) is 0 Å². The molecule has 3 aromatic rings. The molecule has 0 saturated heterocycles. The van der Waals surface area contributed by atoms with Gasteiger partial charge in [0.05, 0.1) is 5.52 Å². The normalized spacial score (nSPS) is 13.7. The van der Waals surface area contributed by atoms with Crippen molar-refractivity contribution >= 4 is 17.0 Å². The number of allylic oxidation sites excluding steroid dienone is 1. The highest BCUT2D eigenvalue weighted by Crippen LogP contribution is 2.33. The molecule has 92 valence electrons. The van der Waals surface area contributed by atoms with Gasteiger partial charge in [0.2, 0.25) is 0 Å². The highest BCUT2D eigenvalue weighted by atomic mass is 15.0. The van der Waals surface area contributed by atoms with Crippen molar-refractivity contribution in [3.8, 4) is 5.69 Å². The predicted molar refractivity (Wildman–Crippen MR) is 80.6 cm³/mol. The third-order valence-corrected chi connectivity index (χ3v) is 3.86. The SMILES string of the molecule is C1=Cc2c(n(-c3ccccc3)c3ccccc23)CC1. The Labute approximate surface area is 112 Å². The van der Waals surface area contributed by atoms with Gasteiger partial charge in [0, 0.05) is 22.3 Å². The fourth-order valence-electron chi connectivity index (χ4n) is 3.04. The molecule has 0 fully saturated rings. The Hall–Kier alpha value is -2.28. The largest absolute Gasteiger partial charge is 0.313 e. The molecule has 1 aliphatic carbocycles. The van der Waals surface area contributed by atoms with E-state index in [0.717, 1.165) is 12.8 Å². The fraction of sp³-hybridized carbons (Fsp3) is 0.111. The van der Waals surface area contributed by atoms with Gasteiger partial charge in [-0.3, -0.25) is 0 Å². The van der Waals surface area contributed by atoms with Crippen molar-refractivity contribution < 1.29 is 0 Å². The standard InChI is InChI=1S/C18H15N/c1-2-8-14(9-3-1)19-17-12-6-4-10-15(17)16-11-5-7-13-18(16)19/h1-6,8-12H,7,13H2. The summed E-state index contributed by atoms with van der Waals surface area (Å²) in [6.45, 7) is 0. The molecule has 0 unspecified atom stereocenters. The van der Waals surface area contributed by atoms with E-state index in [4.69, 9.17) is 0 Å². The molecule has 1 aromatic heterocycles. The Balaban J connectivity index is 2.13. The van der Waals surface area contributed by atoms with E-state index in [0.29, 0.717) is 0 Å². The summed E-state index contributed by atoms with van der Waals surface area (Å²) in [5.41, 5.74) is 5.40. The second-order valence-electron chi connectivity index (χ2n) is 4.99. The number of hydrogen-bond donors (Lipinski definition) is 0. The van der Waals surface area contributed by atoms with Gasteiger partial charge in [-0.25, -0.2) is 0 Å². The molecule has 0 N–H and O–H groups in total. The first kappa shape index (κ1) is 10.6. The quantitative estimate of drug-likeness (QED) is 0.591. The maximum absolute atomic E-state index is 2.41. The molecule has 0 aliphatic heterocycles. The van der Waals surface area contributed by atoms with Crippen LogP contribution in [0.4, 0.5) is 0 Å². The van der Waals surface area contributed by atoms with Crippen LogP contribution >= 0.6 is 0 Å². The first-order valence-corrected chi connectivity index (χ1v) is 6.79. The molecule has 1 aliphatic rings. The average Bonchev–Trinajstić information content (AvgIpc) is 2.83. The molecule has 1 nitrogen and oxygen atoms in total. The first-order chi connectivity index (χ1) is 9.45. The third kappa shape index (κ3) is 1.55. The summed E-state index contributed by atoms with van der Waals surface area (Å²) in [4.78, 5) is 0. The Morgan fingerprint density at radius 1 is 0.842 bits per heavy atom. The van der Waals surface area contributed by atoms with E-state index in [9.17, 15) is 0 Å². The topological polar surface area (TPSA) is 4.93 Å². The zero-order chi connectivity index (χ0) is 12.7. The summed E-state index contributed by atoms with van der Waals surface area (Å²) >= 11 is 0. The van der Waals surface area contributed by atoms with Crippen LogP contribution in [-0.2, 0) is 6.42 Å². The summed E-state index contributed by atoms with van der Waals surface area (Å²) in [6, 6.07) is 19.3. The molecule has 0 saturated carbocycles. The molecule has 1 heteroatoms. The minimum atomic E-state index is 1.12. The summed E-state index contributed by atoms with van der Waals surface area (Å²) in [5.74, 6) is 0. The molecule has 0 bridgehead atoms. The maximum atomic E-state index is 2.41. The van der Waals surface area contributed by atoms with Gasteiger partial charge in [0.15, 0.2) is 0 Å². The summed E-state index contributed by atoms with van der Waals surface area (Å²) < 4.78 is 2.41. The Bertz CT molecular complexity index is 763. The van der Waals surface area contributed by atoms with Crippen LogP contribution in [0.1, 0.15) is 17.7 Å². The van der Waals surface area contributed by atoms with Gasteiger partial charge in [-0.15, -0.1) is 0 Å². The Morgan fingerprint density at radius 2 is 1.63 bits per heavy atom. The molecule has 0 spiro atoms. The van der Waals surface area contributed by atoms with Crippen LogP contribution in [0.25, 0.3) is 22.7 Å². The number of benzene rings is 2. The molecular weight excluding hydrogens is 230 g/mol. The molecule has 1 heterocycles. The van der Waals surface area contributed by atoms with Crippen molar-refractivity contribution in [3.05, 3.63) is 71.9 Å². The van der Waals surface area contributed by atoms with Crippen LogP contribution in [-0.4, -0.2) is 4.57 Å². The van der Waals surface area contributed by atoms with E-state index >= 15 is 0 Å². The Morgan fingerprint density at radius 3 is 2.53 bits per heavy atom. The average molecular weight is 245 g/mol. The van der Waals surface area contributed by atoms with Crippen molar-refractivity contribution in [3.63, 3.8) is 0 Å². The lowest BCUT2D eigenvalue weighted by Crippen LogP contribution is -2.02. The maximum Gasteiger partial charge on any atom is 0.0537 e. The first-order valence-electron chi connectivity index (χ1n) is 6.79. The predicted octanol–water partition coefficient (Wildman–Crippen LogP) is 4.59. The number of fused-ring (bicyclic) bond motifs is 3. The second-order valence-corrected chi connectivity index (χ2v) is 4.99. The minimum Gasteiger partial charge on any atom is -0.313 e. The number of nitrogens with zero attached hydrogens (tertiary/aromatic N) is 1. The highest BCUT2D eigenvalue weighted by Gasteiger charge is 2.17. The van der Waals surface area contributed by atoms with Crippen molar-refractivity contribution in [1.82, 2.24) is 4.57 Å². The lowest BCUT2D eigenvalue weighted by Gasteiger charge is -2.13. The lowest BCUT2D eigenvalue weighted by molar-refractivity contribution is 0.888. The van der Waals surface area contributed by atoms with Gasteiger partial charge in [-0.05, 0) is 31.0 Å². The summed E-state index contributed by atoms with van der Waals surface area (Å²) in [5, 5.41) is 1.36. The Kier molecular flexibility index (Phi) is 2.31. The minimum absolute atomic E-state index is 1.12. The van der Waals surface area contributed by atoms with E-state index < -0.39 is 0 Å². The van der Waals surface area contributed by atoms with Crippen LogP contribution in [0.2, 0.25) is 0 Å². The fourth-order valence-corrected chi connectivity index (χ4v) is 3.04. The number of para-hydroxylation sites is 2. The van der Waals surface area contributed by atoms with Gasteiger partial charge >= 0.3 is 0 Å². The van der Waals surface area contributed by atoms with Crippen molar-refractivity contribution in [2.24, 2.45) is 0 Å². The molecular formula is C18H15N. The molecule has 0 atom stereocenters. The van der Waals surface area contributed by atoms with Crippen LogP contribution in [0, 0.1) is 0 Å². The summed E-state index contributed by atoms with van der Waals surface area (Å²) in [6.07, 6.45) is 6.82. The van der Waals surface area contributed by atoms with E-state index in [1.165, 1.54) is 27.8 Å². The number of aromatic nitrogens is 1. The van der Waals surface area contributed by atoms with Gasteiger partial charge in [0.1, 0.15) is 0 Å². The smallest absolute Gasteiger partial charge is 0.0537 e. The molecule has 4 rings (SSSR count). The van der Waals surface area contributed by atoms with Crippen LogP contribution in [0.5, 0.6) is 0 Å². The molecule has 19 heavy (non-hydrogen) atoms. The lowest BCUT2D eigenvalue weighted by atomic mass is 10.0. The van der Waals surface area contributed by atoms with Crippen LogP contribution in [0.3, 0.4) is 0 Å². The second kappa shape index (κ2) is 4.13. The highest BCUT2D eigenvalue weighted by molar-refractivity contribution is 5.93. The monoisotopic (exact) mass is 245 g/mol. The van der Waals surface area contributed by atoms with Crippen LogP contribution < -0.4 is 0 Å². The van der Waals surface area contributed by atoms with Crippen molar-refractivity contribution in [2.75, 3.05) is 0 Å². The summed E-state index contributed by atoms with van der Waals surface area (Å²) in [7, 11) is 0. The zero-order valence-corrected chi connectivity index (χ0v) is 10.7. The van der Waals surface area contributed by atoms with Crippen molar-refractivity contribution in [2.45, 2.75) is 12.8 Å². The van der Waals surface area contributed by atoms with Gasteiger partial charge in [-0.2, -0.15) is 0 Å². The van der Waals surface area contributed by atoms with Crippen LogP contribution in [0.15, 0.2) is 60.7 Å². The molecule has 2 aromatic carbocycles. The van der Waals surface area contributed by atoms with Gasteiger partial charge < -0.3 is 4.57 Å². The zero-order valence-electron chi connectivity index (χ0n) is 10.7. The number of hydrogen-bond acceptors (Lipinski definition) is 0. The third-order valence-electron chi connectivity index (χ3n) is 3.86. The van der Waals surface area contributed by atoms with E-state index in [-0.39, 0.29) is 0 Å². The molecule has 0 radical (unpaired) electrons. The van der Waals surface area contributed by atoms with Crippen molar-refractivity contribution in [1.29, 1.82) is 0 Å². The number of rotatable bonds is 1. The molecule has 0 amide bonds. The van der Waals surface area contributed by atoms with E-state index in [2.05, 4.69) is 71.3 Å². The van der Waals surface area contributed by atoms with Gasteiger partial charge in [-0.1, -0.05) is 48.6 Å². The van der Waals surface area contributed by atoms with E-state index in [1.807, 2.05) is 0 Å². The van der Waals surface area contributed by atoms with Gasteiger partial charge in [0.25, 0.3) is 0 Å².